The van der Waals surface area contributed by atoms with Gasteiger partial charge in [0, 0.05) is 23.2 Å². The number of hydrogen-bond donors (Lipinski definition) is 1. The summed E-state index contributed by atoms with van der Waals surface area (Å²) in [6, 6.07) is 18.1. The van der Waals surface area contributed by atoms with Crippen LogP contribution in [0.2, 0.25) is 0 Å². The molecule has 0 radical (unpaired) electrons. The maximum Gasteiger partial charge on any atom is 0.277 e. The van der Waals surface area contributed by atoms with Gasteiger partial charge in [0.05, 0.1) is 24.7 Å². The Bertz CT molecular complexity index is 1030. The first-order valence-corrected chi connectivity index (χ1v) is 9.30. The molecule has 0 fully saturated rings. The predicted octanol–water partition coefficient (Wildman–Crippen LogP) is 4.84. The molecule has 6 nitrogen and oxygen atoms in total. The molecule has 1 unspecified atom stereocenters. The van der Waals surface area contributed by atoms with E-state index in [4.69, 9.17) is 15.2 Å². The molecule has 0 aliphatic rings. The zero-order valence-corrected chi connectivity index (χ0v) is 16.7. The van der Waals surface area contributed by atoms with Crippen LogP contribution in [0.15, 0.2) is 60.7 Å². The number of rotatable bonds is 7. The molecule has 29 heavy (non-hydrogen) atoms. The molecule has 0 saturated heterocycles. The van der Waals surface area contributed by atoms with Crippen LogP contribution >= 0.6 is 0 Å². The van der Waals surface area contributed by atoms with Crippen LogP contribution in [-0.2, 0) is 6.42 Å². The van der Waals surface area contributed by atoms with Crippen molar-refractivity contribution in [1.29, 1.82) is 0 Å². The second-order valence-electron chi connectivity index (χ2n) is 6.87. The van der Waals surface area contributed by atoms with Gasteiger partial charge in [-0.25, -0.2) is 0 Å². The lowest BCUT2D eigenvalue weighted by Gasteiger charge is -2.17. The molecule has 0 bridgehead atoms. The van der Waals surface area contributed by atoms with Crippen LogP contribution in [0.1, 0.15) is 12.5 Å². The van der Waals surface area contributed by atoms with E-state index in [1.54, 1.807) is 26.4 Å². The standard InChI is InChI=1S/C23H24N2O4/c1-15(24)12-16-13-20(18-9-5-7-11-23(18)29-3)21(25(26)27)14-19(16)17-8-4-6-10-22(17)28-2/h4-11,13-15H,12,24H2,1-3H3. The molecule has 0 saturated carbocycles. The first kappa shape index (κ1) is 20.4. The van der Waals surface area contributed by atoms with Crippen molar-refractivity contribution in [2.24, 2.45) is 5.73 Å². The van der Waals surface area contributed by atoms with Gasteiger partial charge in [-0.3, -0.25) is 10.1 Å². The molecule has 0 aromatic heterocycles. The number of nitro groups is 1. The zero-order valence-electron chi connectivity index (χ0n) is 16.7. The third kappa shape index (κ3) is 4.22. The lowest BCUT2D eigenvalue weighted by molar-refractivity contribution is -0.384. The Balaban J connectivity index is 2.33. The van der Waals surface area contributed by atoms with Gasteiger partial charge in [-0.05, 0) is 42.7 Å². The first-order valence-electron chi connectivity index (χ1n) is 9.30. The van der Waals surface area contributed by atoms with Gasteiger partial charge in [0.2, 0.25) is 0 Å². The zero-order chi connectivity index (χ0) is 21.0. The van der Waals surface area contributed by atoms with Gasteiger partial charge in [0.1, 0.15) is 11.5 Å². The van der Waals surface area contributed by atoms with Gasteiger partial charge in [-0.15, -0.1) is 0 Å². The third-order valence-corrected chi connectivity index (χ3v) is 4.75. The van der Waals surface area contributed by atoms with Gasteiger partial charge < -0.3 is 15.2 Å². The van der Waals surface area contributed by atoms with E-state index < -0.39 is 0 Å². The Morgan fingerprint density at radius 2 is 1.41 bits per heavy atom. The van der Waals surface area contributed by atoms with E-state index in [9.17, 15) is 10.1 Å². The molecule has 0 amide bonds. The number of ether oxygens (including phenoxy) is 2. The fraction of sp³-hybridized carbons (Fsp3) is 0.217. The molecule has 0 heterocycles. The van der Waals surface area contributed by atoms with Crippen LogP contribution in [0.3, 0.4) is 0 Å². The minimum absolute atomic E-state index is 0.00355. The van der Waals surface area contributed by atoms with Crippen LogP contribution in [0.25, 0.3) is 22.3 Å². The Morgan fingerprint density at radius 1 is 0.897 bits per heavy atom. The van der Waals surface area contributed by atoms with E-state index in [0.717, 1.165) is 16.7 Å². The molecule has 3 aromatic rings. The summed E-state index contributed by atoms with van der Waals surface area (Å²) in [5.41, 5.74) is 9.71. The molecule has 3 rings (SSSR count). The average Bonchev–Trinajstić information content (AvgIpc) is 2.72. The van der Waals surface area contributed by atoms with E-state index in [1.807, 2.05) is 55.5 Å². The molecule has 0 aliphatic heterocycles. The highest BCUT2D eigenvalue weighted by atomic mass is 16.6. The number of nitrogens with zero attached hydrogens (tertiary/aromatic N) is 1. The fourth-order valence-electron chi connectivity index (χ4n) is 3.50. The Hall–Kier alpha value is -3.38. The first-order chi connectivity index (χ1) is 14.0. The second-order valence-corrected chi connectivity index (χ2v) is 6.87. The topological polar surface area (TPSA) is 87.6 Å². The summed E-state index contributed by atoms with van der Waals surface area (Å²) < 4.78 is 10.9. The van der Waals surface area contributed by atoms with E-state index in [2.05, 4.69) is 0 Å². The number of nitro benzene ring substituents is 1. The van der Waals surface area contributed by atoms with Gasteiger partial charge in [-0.1, -0.05) is 36.4 Å². The van der Waals surface area contributed by atoms with Crippen molar-refractivity contribution in [2.75, 3.05) is 14.2 Å². The van der Waals surface area contributed by atoms with Crippen molar-refractivity contribution in [2.45, 2.75) is 19.4 Å². The SMILES string of the molecule is COc1ccccc1-c1cc([N+](=O)[O-])c(-c2ccccc2OC)cc1CC(C)N. The second kappa shape index (κ2) is 8.75. The van der Waals surface area contributed by atoms with Crippen LogP contribution in [0, 0.1) is 10.1 Å². The summed E-state index contributed by atoms with van der Waals surface area (Å²) in [6.07, 6.45) is 0.563. The number of methoxy groups -OCH3 is 2. The lowest BCUT2D eigenvalue weighted by atomic mass is 9.90. The smallest absolute Gasteiger partial charge is 0.277 e. The summed E-state index contributed by atoms with van der Waals surface area (Å²) in [5, 5.41) is 12.0. The molecule has 6 heteroatoms. The van der Waals surface area contributed by atoms with Crippen LogP contribution in [0.5, 0.6) is 11.5 Å². The highest BCUT2D eigenvalue weighted by molar-refractivity contribution is 5.85. The lowest BCUT2D eigenvalue weighted by Crippen LogP contribution is -2.18. The van der Waals surface area contributed by atoms with E-state index in [-0.39, 0.29) is 16.7 Å². The normalized spacial score (nSPS) is 11.7. The minimum Gasteiger partial charge on any atom is -0.496 e. The van der Waals surface area contributed by atoms with Gasteiger partial charge in [0.25, 0.3) is 5.69 Å². The number of hydrogen-bond acceptors (Lipinski definition) is 5. The molecule has 1 atom stereocenters. The highest BCUT2D eigenvalue weighted by Crippen LogP contribution is 2.42. The van der Waals surface area contributed by atoms with Crippen LogP contribution < -0.4 is 15.2 Å². The van der Waals surface area contributed by atoms with Crippen molar-refractivity contribution in [3.63, 3.8) is 0 Å². The molecule has 2 N–H and O–H groups in total. The van der Waals surface area contributed by atoms with E-state index in [1.165, 1.54) is 0 Å². The number of benzene rings is 3. The summed E-state index contributed by atoms with van der Waals surface area (Å²) >= 11 is 0. The van der Waals surface area contributed by atoms with Crippen molar-refractivity contribution in [3.05, 3.63) is 76.3 Å². The molecule has 150 valence electrons. The van der Waals surface area contributed by atoms with E-state index in [0.29, 0.717) is 29.0 Å². The Kier molecular flexibility index (Phi) is 6.14. The monoisotopic (exact) mass is 392 g/mol. The fourth-order valence-corrected chi connectivity index (χ4v) is 3.50. The Labute approximate surface area is 170 Å². The molecule has 0 spiro atoms. The van der Waals surface area contributed by atoms with Crippen LogP contribution in [-0.4, -0.2) is 25.2 Å². The summed E-state index contributed by atoms with van der Waals surface area (Å²) in [7, 11) is 3.14. The molecule has 3 aromatic carbocycles. The predicted molar refractivity (Wildman–Crippen MR) is 114 cm³/mol. The molecular weight excluding hydrogens is 368 g/mol. The summed E-state index contributed by atoms with van der Waals surface area (Å²) in [6.45, 7) is 1.91. The van der Waals surface area contributed by atoms with Gasteiger partial charge in [0.15, 0.2) is 0 Å². The Morgan fingerprint density at radius 3 is 1.90 bits per heavy atom. The number of para-hydroxylation sites is 2. The molecule has 0 aliphatic carbocycles. The average molecular weight is 392 g/mol. The third-order valence-electron chi connectivity index (χ3n) is 4.75. The van der Waals surface area contributed by atoms with Crippen molar-refractivity contribution in [3.8, 4) is 33.8 Å². The number of nitrogens with two attached hydrogens (primary N) is 1. The van der Waals surface area contributed by atoms with Crippen molar-refractivity contribution >= 4 is 5.69 Å². The van der Waals surface area contributed by atoms with E-state index >= 15 is 0 Å². The highest BCUT2D eigenvalue weighted by Gasteiger charge is 2.23. The minimum atomic E-state index is -0.365. The van der Waals surface area contributed by atoms with Crippen molar-refractivity contribution < 1.29 is 14.4 Å². The summed E-state index contributed by atoms with van der Waals surface area (Å²) in [4.78, 5) is 11.6. The molecular formula is C23H24N2O4. The van der Waals surface area contributed by atoms with Gasteiger partial charge >= 0.3 is 0 Å². The van der Waals surface area contributed by atoms with Gasteiger partial charge in [-0.2, -0.15) is 0 Å². The quantitative estimate of drug-likeness (QED) is 0.459. The van der Waals surface area contributed by atoms with Crippen LogP contribution in [0.4, 0.5) is 5.69 Å². The maximum atomic E-state index is 12.0. The largest absolute Gasteiger partial charge is 0.496 e. The maximum absolute atomic E-state index is 12.0. The summed E-state index contributed by atoms with van der Waals surface area (Å²) in [5.74, 6) is 1.23. The van der Waals surface area contributed by atoms with Crippen molar-refractivity contribution in [1.82, 2.24) is 0 Å².